The molecule has 2 aromatic heterocycles. The number of hydrogen-bond donors (Lipinski definition) is 1. The van der Waals surface area contributed by atoms with Crippen LogP contribution in [0, 0.1) is 10.1 Å². The molecule has 100 valence electrons. The van der Waals surface area contributed by atoms with Gasteiger partial charge >= 0.3 is 5.69 Å². The van der Waals surface area contributed by atoms with Gasteiger partial charge in [0.2, 0.25) is 5.82 Å². The fourth-order valence-corrected chi connectivity index (χ4v) is 1.68. The van der Waals surface area contributed by atoms with Crippen molar-refractivity contribution in [3.05, 3.63) is 40.6 Å². The summed E-state index contributed by atoms with van der Waals surface area (Å²) in [5, 5.41) is 17.7. The molecule has 0 radical (unpaired) electrons. The van der Waals surface area contributed by atoms with E-state index in [-0.39, 0.29) is 5.69 Å². The maximum Gasteiger partial charge on any atom is 0.311 e. The summed E-state index contributed by atoms with van der Waals surface area (Å²) in [7, 11) is 1.83. The van der Waals surface area contributed by atoms with Crippen LogP contribution in [-0.2, 0) is 13.5 Å². The highest BCUT2D eigenvalue weighted by Gasteiger charge is 2.13. The average molecular weight is 262 g/mol. The van der Waals surface area contributed by atoms with Crippen LogP contribution in [0.2, 0.25) is 0 Å². The van der Waals surface area contributed by atoms with Gasteiger partial charge in [-0.2, -0.15) is 5.10 Å². The van der Waals surface area contributed by atoms with Crippen molar-refractivity contribution in [1.82, 2.24) is 19.7 Å². The van der Waals surface area contributed by atoms with Gasteiger partial charge in [0.15, 0.2) is 0 Å². The van der Waals surface area contributed by atoms with E-state index in [4.69, 9.17) is 0 Å². The molecule has 2 rings (SSSR count). The predicted molar refractivity (Wildman–Crippen MR) is 68.7 cm³/mol. The number of hydrogen-bond acceptors (Lipinski definition) is 6. The third-order valence-corrected chi connectivity index (χ3v) is 2.66. The summed E-state index contributed by atoms with van der Waals surface area (Å²) in [5.74, 6) is 1.18. The summed E-state index contributed by atoms with van der Waals surface area (Å²) < 4.78 is 1.71. The molecule has 1 N–H and O–H groups in total. The van der Waals surface area contributed by atoms with Crippen LogP contribution in [-0.4, -0.2) is 31.2 Å². The van der Waals surface area contributed by atoms with E-state index in [0.29, 0.717) is 12.4 Å². The summed E-state index contributed by atoms with van der Waals surface area (Å²) in [5.41, 5.74) is -0.0128. The van der Waals surface area contributed by atoms with Crippen LogP contribution in [0.4, 0.5) is 11.5 Å². The minimum Gasteiger partial charge on any atom is -0.364 e. The average Bonchev–Trinajstić information content (AvgIpc) is 2.80. The van der Waals surface area contributed by atoms with Crippen LogP contribution in [0.5, 0.6) is 0 Å². The molecule has 0 saturated carbocycles. The molecule has 0 fully saturated rings. The number of anilines is 1. The largest absolute Gasteiger partial charge is 0.364 e. The van der Waals surface area contributed by atoms with Crippen molar-refractivity contribution in [3.63, 3.8) is 0 Å². The van der Waals surface area contributed by atoms with Crippen LogP contribution in [0.15, 0.2) is 24.7 Å². The topological polar surface area (TPSA) is 98.8 Å². The molecule has 2 heterocycles. The molecular formula is C11H14N6O2. The van der Waals surface area contributed by atoms with Gasteiger partial charge < -0.3 is 5.32 Å². The fourth-order valence-electron chi connectivity index (χ4n) is 1.68. The summed E-state index contributed by atoms with van der Waals surface area (Å²) in [6.07, 6.45) is 4.58. The van der Waals surface area contributed by atoms with Crippen molar-refractivity contribution in [2.24, 2.45) is 7.05 Å². The van der Waals surface area contributed by atoms with Gasteiger partial charge in [-0.1, -0.05) is 0 Å². The number of rotatable bonds is 6. The molecule has 0 aliphatic heterocycles. The second kappa shape index (κ2) is 5.89. The first-order valence-corrected chi connectivity index (χ1v) is 5.84. The molecule has 0 aliphatic rings. The van der Waals surface area contributed by atoms with Crippen molar-refractivity contribution in [1.29, 1.82) is 0 Å². The van der Waals surface area contributed by atoms with E-state index < -0.39 is 4.92 Å². The lowest BCUT2D eigenvalue weighted by atomic mass is 10.3. The van der Waals surface area contributed by atoms with Crippen molar-refractivity contribution < 1.29 is 4.92 Å². The van der Waals surface area contributed by atoms with Crippen molar-refractivity contribution >= 4 is 11.5 Å². The van der Waals surface area contributed by atoms with Gasteiger partial charge in [0, 0.05) is 32.3 Å². The van der Waals surface area contributed by atoms with E-state index in [2.05, 4.69) is 20.4 Å². The SMILES string of the molecule is Cn1ncnc1CCCNc1ncccc1[N+](=O)[O-]. The van der Waals surface area contributed by atoms with Crippen LogP contribution < -0.4 is 5.32 Å². The molecular weight excluding hydrogens is 248 g/mol. The van der Waals surface area contributed by atoms with Crippen LogP contribution in [0.25, 0.3) is 0 Å². The monoisotopic (exact) mass is 262 g/mol. The van der Waals surface area contributed by atoms with Gasteiger partial charge in [0.25, 0.3) is 0 Å². The zero-order valence-corrected chi connectivity index (χ0v) is 10.5. The summed E-state index contributed by atoms with van der Waals surface area (Å²) in [6.45, 7) is 0.588. The van der Waals surface area contributed by atoms with E-state index in [1.807, 2.05) is 7.05 Å². The summed E-state index contributed by atoms with van der Waals surface area (Å²) in [6, 6.07) is 2.97. The molecule has 0 amide bonds. The molecule has 19 heavy (non-hydrogen) atoms. The molecule has 0 spiro atoms. The van der Waals surface area contributed by atoms with Crippen molar-refractivity contribution in [3.8, 4) is 0 Å². The zero-order valence-electron chi connectivity index (χ0n) is 10.5. The van der Waals surface area contributed by atoms with Gasteiger partial charge in [-0.15, -0.1) is 0 Å². The van der Waals surface area contributed by atoms with Crippen LogP contribution in [0.3, 0.4) is 0 Å². The first kappa shape index (κ1) is 12.9. The Morgan fingerprint density at radius 3 is 3.00 bits per heavy atom. The molecule has 2 aromatic rings. The molecule has 8 nitrogen and oxygen atoms in total. The van der Waals surface area contributed by atoms with Gasteiger partial charge in [-0.3, -0.25) is 14.8 Å². The second-order valence-corrected chi connectivity index (χ2v) is 3.96. The van der Waals surface area contributed by atoms with E-state index in [1.165, 1.54) is 18.6 Å². The maximum absolute atomic E-state index is 10.8. The van der Waals surface area contributed by atoms with E-state index in [0.717, 1.165) is 18.7 Å². The lowest BCUT2D eigenvalue weighted by Gasteiger charge is -2.05. The Morgan fingerprint density at radius 1 is 1.47 bits per heavy atom. The molecule has 8 heteroatoms. The standard InChI is InChI=1S/C11H14N6O2/c1-16-10(14-8-15-16)5-3-7-13-11-9(17(18)19)4-2-6-12-11/h2,4,6,8H,3,5,7H2,1H3,(H,12,13). The number of nitrogens with zero attached hydrogens (tertiary/aromatic N) is 5. The number of nitro groups is 1. The molecule has 0 aliphatic carbocycles. The van der Waals surface area contributed by atoms with Crippen LogP contribution >= 0.6 is 0 Å². The minimum atomic E-state index is -0.446. The molecule has 0 atom stereocenters. The Labute approximate surface area is 109 Å². The Morgan fingerprint density at radius 2 is 2.32 bits per heavy atom. The zero-order chi connectivity index (χ0) is 13.7. The quantitative estimate of drug-likeness (QED) is 0.476. The lowest BCUT2D eigenvalue weighted by molar-refractivity contribution is -0.384. The van der Waals surface area contributed by atoms with Gasteiger partial charge in [-0.25, -0.2) is 9.97 Å². The van der Waals surface area contributed by atoms with Crippen LogP contribution in [0.1, 0.15) is 12.2 Å². The number of aromatic nitrogens is 4. The lowest BCUT2D eigenvalue weighted by Crippen LogP contribution is -2.08. The number of aryl methyl sites for hydroxylation is 2. The van der Waals surface area contributed by atoms with Gasteiger partial charge in [0.05, 0.1) is 4.92 Å². The maximum atomic E-state index is 10.8. The minimum absolute atomic E-state index is 0.0128. The van der Waals surface area contributed by atoms with Crippen molar-refractivity contribution in [2.75, 3.05) is 11.9 Å². The molecule has 0 saturated heterocycles. The first-order valence-electron chi connectivity index (χ1n) is 5.84. The van der Waals surface area contributed by atoms with Crippen molar-refractivity contribution in [2.45, 2.75) is 12.8 Å². The second-order valence-electron chi connectivity index (χ2n) is 3.96. The Hall–Kier alpha value is -2.51. The highest BCUT2D eigenvalue weighted by atomic mass is 16.6. The van der Waals surface area contributed by atoms with Gasteiger partial charge in [-0.05, 0) is 12.5 Å². The predicted octanol–water partition coefficient (Wildman–Crippen LogP) is 1.16. The Kier molecular flexibility index (Phi) is 4.01. The van der Waals surface area contributed by atoms with E-state index in [1.54, 1.807) is 10.7 Å². The Balaban J connectivity index is 1.86. The number of pyridine rings is 1. The smallest absolute Gasteiger partial charge is 0.311 e. The third-order valence-electron chi connectivity index (χ3n) is 2.66. The van der Waals surface area contributed by atoms with E-state index in [9.17, 15) is 10.1 Å². The summed E-state index contributed by atoms with van der Waals surface area (Å²) >= 11 is 0. The fraction of sp³-hybridized carbons (Fsp3) is 0.364. The molecule has 0 bridgehead atoms. The molecule has 0 unspecified atom stereocenters. The third kappa shape index (κ3) is 3.24. The summed E-state index contributed by atoms with van der Waals surface area (Å²) in [4.78, 5) is 18.4. The normalized spacial score (nSPS) is 10.4. The Bertz CT molecular complexity index is 568. The van der Waals surface area contributed by atoms with Gasteiger partial charge in [0.1, 0.15) is 12.2 Å². The number of nitrogens with one attached hydrogen (secondary N) is 1. The first-order chi connectivity index (χ1) is 9.18. The molecule has 0 aromatic carbocycles. The highest BCUT2D eigenvalue weighted by molar-refractivity contribution is 5.54. The van der Waals surface area contributed by atoms with E-state index >= 15 is 0 Å². The highest BCUT2D eigenvalue weighted by Crippen LogP contribution is 2.19.